The van der Waals surface area contributed by atoms with Crippen molar-refractivity contribution in [2.75, 3.05) is 0 Å². The highest BCUT2D eigenvalue weighted by Gasteiger charge is 2.27. The number of aryl methyl sites for hydroxylation is 1. The van der Waals surface area contributed by atoms with Gasteiger partial charge < -0.3 is 9.52 Å². The number of para-hydroxylation sites is 1. The molecule has 0 fully saturated rings. The molecule has 0 saturated heterocycles. The van der Waals surface area contributed by atoms with Crippen molar-refractivity contribution in [3.63, 3.8) is 0 Å². The van der Waals surface area contributed by atoms with Gasteiger partial charge >= 0.3 is 0 Å². The van der Waals surface area contributed by atoms with Gasteiger partial charge in [0.15, 0.2) is 5.78 Å². The Balaban J connectivity index is 1.82. The third kappa shape index (κ3) is 2.66. The minimum Gasteiger partial charge on any atom is -0.508 e. The molecule has 2 aromatic carbocycles. The molecule has 4 rings (SSSR count). The third-order valence-corrected chi connectivity index (χ3v) is 4.84. The Morgan fingerprint density at radius 2 is 2.00 bits per heavy atom. The number of phenols is 1. The fraction of sp³-hybridized carbons (Fsp3) is 0.227. The number of rotatable bonds is 4. The largest absolute Gasteiger partial charge is 0.508 e. The van der Waals surface area contributed by atoms with Gasteiger partial charge in [0.1, 0.15) is 17.1 Å². The van der Waals surface area contributed by atoms with Crippen LogP contribution in [0.2, 0.25) is 0 Å². The maximum atomic E-state index is 12.7. The molecule has 0 unspecified atom stereocenters. The summed E-state index contributed by atoms with van der Waals surface area (Å²) in [6.45, 7) is 2.15. The van der Waals surface area contributed by atoms with E-state index >= 15 is 0 Å². The predicted molar refractivity (Wildman–Crippen MR) is 98.9 cm³/mol. The summed E-state index contributed by atoms with van der Waals surface area (Å²) in [5.74, 6) is 1.12. The number of furan rings is 1. The predicted octanol–water partition coefficient (Wildman–Crippen LogP) is 5.30. The van der Waals surface area contributed by atoms with Gasteiger partial charge in [0.2, 0.25) is 0 Å². The first-order chi connectivity index (χ1) is 12.2. The number of carbonyl (C=O) groups is 1. The summed E-state index contributed by atoms with van der Waals surface area (Å²) in [5.41, 5.74) is 3.89. The summed E-state index contributed by atoms with van der Waals surface area (Å²) in [6, 6.07) is 13.1. The number of aromatic hydroxyl groups is 1. The van der Waals surface area contributed by atoms with E-state index in [1.807, 2.05) is 30.3 Å². The first kappa shape index (κ1) is 15.7. The van der Waals surface area contributed by atoms with Crippen molar-refractivity contribution >= 4 is 22.8 Å². The van der Waals surface area contributed by atoms with E-state index in [4.69, 9.17) is 4.42 Å². The van der Waals surface area contributed by atoms with Crippen LogP contribution in [0.3, 0.4) is 0 Å². The summed E-state index contributed by atoms with van der Waals surface area (Å²) in [6.07, 6.45) is 5.42. The fourth-order valence-corrected chi connectivity index (χ4v) is 3.51. The number of hydrogen-bond donors (Lipinski definition) is 1. The SMILES string of the molecule is CCCCc1oc2ccccc2c1C=C1Cc2c(O)cccc2C1=O. The van der Waals surface area contributed by atoms with Crippen molar-refractivity contribution < 1.29 is 14.3 Å². The summed E-state index contributed by atoms with van der Waals surface area (Å²) in [5, 5.41) is 11.1. The Hall–Kier alpha value is -2.81. The molecule has 0 atom stereocenters. The number of phenolic OH excluding ortho intramolecular Hbond substituents is 1. The number of ketones is 1. The third-order valence-electron chi connectivity index (χ3n) is 4.84. The second-order valence-electron chi connectivity index (χ2n) is 6.52. The zero-order valence-corrected chi connectivity index (χ0v) is 14.2. The van der Waals surface area contributed by atoms with E-state index < -0.39 is 0 Å². The molecule has 0 aliphatic heterocycles. The number of Topliss-reactive ketones (excluding diaryl/α,β-unsaturated/α-hetero) is 1. The Kier molecular flexibility index (Phi) is 3.92. The lowest BCUT2D eigenvalue weighted by atomic mass is 10.0. The van der Waals surface area contributed by atoms with Crippen molar-refractivity contribution in [2.24, 2.45) is 0 Å². The fourth-order valence-electron chi connectivity index (χ4n) is 3.51. The van der Waals surface area contributed by atoms with Crippen LogP contribution in [0.4, 0.5) is 0 Å². The van der Waals surface area contributed by atoms with E-state index in [0.717, 1.165) is 47.1 Å². The number of benzene rings is 2. The molecule has 3 nitrogen and oxygen atoms in total. The van der Waals surface area contributed by atoms with Crippen LogP contribution in [-0.4, -0.2) is 10.9 Å². The van der Waals surface area contributed by atoms with Gasteiger partial charge in [0.25, 0.3) is 0 Å². The van der Waals surface area contributed by atoms with Crippen LogP contribution in [0.15, 0.2) is 52.5 Å². The molecule has 3 aromatic rings. The standard InChI is InChI=1S/C22H20O3/c1-2-3-10-21-18(15-7-4-5-11-20(15)25-21)13-14-12-17-16(22(14)24)8-6-9-19(17)23/h4-9,11,13,23H,2-3,10,12H2,1H3. The van der Waals surface area contributed by atoms with Gasteiger partial charge in [0, 0.05) is 40.5 Å². The molecule has 0 radical (unpaired) electrons. The molecular formula is C22H20O3. The average molecular weight is 332 g/mol. The molecule has 1 aliphatic rings. The molecule has 1 aliphatic carbocycles. The molecule has 0 bridgehead atoms. The van der Waals surface area contributed by atoms with Gasteiger partial charge in [-0.3, -0.25) is 4.79 Å². The zero-order valence-electron chi connectivity index (χ0n) is 14.2. The molecule has 0 saturated carbocycles. The summed E-state index contributed by atoms with van der Waals surface area (Å²) in [7, 11) is 0. The van der Waals surface area contributed by atoms with E-state index in [1.165, 1.54) is 0 Å². The second-order valence-corrected chi connectivity index (χ2v) is 6.52. The molecule has 0 spiro atoms. The molecule has 25 heavy (non-hydrogen) atoms. The Labute approximate surface area is 146 Å². The van der Waals surface area contributed by atoms with Gasteiger partial charge in [-0.05, 0) is 24.6 Å². The van der Waals surface area contributed by atoms with Gasteiger partial charge in [0.05, 0.1) is 0 Å². The number of unbranched alkanes of at least 4 members (excludes halogenated alkanes) is 1. The Morgan fingerprint density at radius 1 is 1.16 bits per heavy atom. The molecule has 1 N–H and O–H groups in total. The van der Waals surface area contributed by atoms with Crippen molar-refractivity contribution in [3.05, 3.63) is 70.5 Å². The topological polar surface area (TPSA) is 50.4 Å². The van der Waals surface area contributed by atoms with Crippen molar-refractivity contribution in [3.8, 4) is 5.75 Å². The molecule has 0 amide bonds. The number of carbonyl (C=O) groups excluding carboxylic acids is 1. The highest BCUT2D eigenvalue weighted by Crippen LogP contribution is 2.36. The minimum atomic E-state index is -0.00220. The number of fused-ring (bicyclic) bond motifs is 2. The Morgan fingerprint density at radius 3 is 2.80 bits per heavy atom. The van der Waals surface area contributed by atoms with Crippen LogP contribution in [0, 0.1) is 0 Å². The molecule has 1 heterocycles. The first-order valence-electron chi connectivity index (χ1n) is 8.75. The average Bonchev–Trinajstić information content (AvgIpc) is 3.13. The van der Waals surface area contributed by atoms with Gasteiger partial charge in [-0.15, -0.1) is 0 Å². The van der Waals surface area contributed by atoms with E-state index in [2.05, 4.69) is 6.92 Å². The maximum Gasteiger partial charge on any atom is 0.189 e. The van der Waals surface area contributed by atoms with Gasteiger partial charge in [-0.2, -0.15) is 0 Å². The van der Waals surface area contributed by atoms with Crippen molar-refractivity contribution in [2.45, 2.75) is 32.6 Å². The summed E-state index contributed by atoms with van der Waals surface area (Å²) in [4.78, 5) is 12.7. The molecular weight excluding hydrogens is 312 g/mol. The van der Waals surface area contributed by atoms with E-state index in [0.29, 0.717) is 17.6 Å². The lowest BCUT2D eigenvalue weighted by Gasteiger charge is -2.00. The molecule has 126 valence electrons. The van der Waals surface area contributed by atoms with Crippen molar-refractivity contribution in [1.82, 2.24) is 0 Å². The van der Waals surface area contributed by atoms with Crippen LogP contribution in [0.5, 0.6) is 5.75 Å². The van der Waals surface area contributed by atoms with Crippen LogP contribution < -0.4 is 0 Å². The number of hydrogen-bond acceptors (Lipinski definition) is 3. The zero-order chi connectivity index (χ0) is 17.4. The highest BCUT2D eigenvalue weighted by molar-refractivity contribution is 6.16. The lowest BCUT2D eigenvalue weighted by Crippen LogP contribution is -1.95. The molecule has 1 aromatic heterocycles. The van der Waals surface area contributed by atoms with Crippen molar-refractivity contribution in [1.29, 1.82) is 0 Å². The summed E-state index contributed by atoms with van der Waals surface area (Å²) >= 11 is 0. The normalized spacial score (nSPS) is 15.2. The maximum absolute atomic E-state index is 12.7. The van der Waals surface area contributed by atoms with E-state index in [-0.39, 0.29) is 11.5 Å². The van der Waals surface area contributed by atoms with Crippen LogP contribution in [0.25, 0.3) is 17.0 Å². The monoisotopic (exact) mass is 332 g/mol. The Bertz CT molecular complexity index is 992. The first-order valence-corrected chi connectivity index (χ1v) is 8.75. The van der Waals surface area contributed by atoms with E-state index in [9.17, 15) is 9.90 Å². The highest BCUT2D eigenvalue weighted by atomic mass is 16.3. The van der Waals surface area contributed by atoms with Gasteiger partial charge in [-0.1, -0.05) is 43.7 Å². The summed E-state index contributed by atoms with van der Waals surface area (Å²) < 4.78 is 6.04. The van der Waals surface area contributed by atoms with Gasteiger partial charge in [-0.25, -0.2) is 0 Å². The van der Waals surface area contributed by atoms with E-state index in [1.54, 1.807) is 18.2 Å². The minimum absolute atomic E-state index is 0.00220. The lowest BCUT2D eigenvalue weighted by molar-refractivity contribution is 0.104. The van der Waals surface area contributed by atoms with Crippen LogP contribution >= 0.6 is 0 Å². The van der Waals surface area contributed by atoms with Crippen LogP contribution in [-0.2, 0) is 12.8 Å². The smallest absolute Gasteiger partial charge is 0.189 e. The number of allylic oxidation sites excluding steroid dienone is 1. The quantitative estimate of drug-likeness (QED) is 0.659. The second kappa shape index (κ2) is 6.25. The molecule has 3 heteroatoms. The van der Waals surface area contributed by atoms with Crippen LogP contribution in [0.1, 0.15) is 47.0 Å².